The summed E-state index contributed by atoms with van der Waals surface area (Å²) in [4.78, 5) is 16.5. The van der Waals surface area contributed by atoms with Crippen LogP contribution < -0.4 is 5.73 Å². The monoisotopic (exact) mass is 254 g/mol. The summed E-state index contributed by atoms with van der Waals surface area (Å²) in [7, 11) is 0. The summed E-state index contributed by atoms with van der Waals surface area (Å²) in [5, 5.41) is 0. The van der Waals surface area contributed by atoms with E-state index in [1.807, 2.05) is 32.0 Å². The van der Waals surface area contributed by atoms with Crippen LogP contribution in [-0.4, -0.2) is 10.8 Å². The van der Waals surface area contributed by atoms with Gasteiger partial charge in [0, 0.05) is 24.3 Å². The van der Waals surface area contributed by atoms with Gasteiger partial charge in [-0.25, -0.2) is 4.98 Å². The molecule has 3 nitrogen and oxygen atoms in total. The minimum Gasteiger partial charge on any atom is -0.383 e. The van der Waals surface area contributed by atoms with Gasteiger partial charge in [-0.05, 0) is 37.1 Å². The molecule has 1 heterocycles. The lowest BCUT2D eigenvalue weighted by atomic mass is 9.92. The molecule has 0 fully saturated rings. The number of nitrogens with zero attached hydrogens (tertiary/aromatic N) is 1. The molecule has 0 saturated heterocycles. The fourth-order valence-corrected chi connectivity index (χ4v) is 2.12. The van der Waals surface area contributed by atoms with E-state index in [0.717, 1.165) is 11.1 Å². The molecular formula is C16H18N2O. The van der Waals surface area contributed by atoms with Gasteiger partial charge in [0.1, 0.15) is 5.82 Å². The highest BCUT2D eigenvalue weighted by atomic mass is 16.1. The Morgan fingerprint density at radius 1 is 1.21 bits per heavy atom. The Hall–Kier alpha value is -2.42. The molecule has 0 amide bonds. The van der Waals surface area contributed by atoms with Crippen molar-refractivity contribution >= 4 is 17.2 Å². The Morgan fingerprint density at radius 2 is 1.84 bits per heavy atom. The molecule has 0 aliphatic heterocycles. The minimum atomic E-state index is -0.102. The minimum absolute atomic E-state index is 0. The molecule has 1 aromatic heterocycles. The number of pyridine rings is 1. The van der Waals surface area contributed by atoms with E-state index in [4.69, 9.17) is 5.73 Å². The van der Waals surface area contributed by atoms with Crippen LogP contribution in [0, 0.1) is 13.8 Å². The number of allylic oxidation sites excluding steroid dienone is 1. The lowest BCUT2D eigenvalue weighted by Crippen LogP contribution is -2.08. The van der Waals surface area contributed by atoms with E-state index in [2.05, 4.69) is 11.6 Å². The second-order valence-corrected chi connectivity index (χ2v) is 4.51. The van der Waals surface area contributed by atoms with Crippen LogP contribution in [0.25, 0.3) is 5.57 Å². The Bertz CT molecular complexity index is 645. The first-order chi connectivity index (χ1) is 9.02. The van der Waals surface area contributed by atoms with Gasteiger partial charge in [0.2, 0.25) is 0 Å². The molecule has 0 radical (unpaired) electrons. The third kappa shape index (κ3) is 2.40. The number of ketones is 1. The summed E-state index contributed by atoms with van der Waals surface area (Å²) < 4.78 is 0. The van der Waals surface area contributed by atoms with E-state index in [1.165, 1.54) is 0 Å². The van der Waals surface area contributed by atoms with Crippen LogP contribution >= 0.6 is 0 Å². The van der Waals surface area contributed by atoms with E-state index in [1.54, 1.807) is 18.3 Å². The summed E-state index contributed by atoms with van der Waals surface area (Å²) >= 11 is 0. The maximum atomic E-state index is 12.6. The number of nitrogen functional groups attached to an aromatic ring is 1. The molecular weight excluding hydrogens is 236 g/mol. The first-order valence-electron chi connectivity index (χ1n) is 6.03. The Morgan fingerprint density at radius 3 is 2.42 bits per heavy atom. The predicted octanol–water partition coefficient (Wildman–Crippen LogP) is 3.42. The van der Waals surface area contributed by atoms with Gasteiger partial charge in [-0.15, -0.1) is 0 Å². The fourth-order valence-electron chi connectivity index (χ4n) is 2.12. The van der Waals surface area contributed by atoms with Gasteiger partial charge in [-0.3, -0.25) is 4.79 Å². The number of benzene rings is 1. The summed E-state index contributed by atoms with van der Waals surface area (Å²) in [6.45, 7) is 7.71. The number of anilines is 1. The molecule has 0 aliphatic carbocycles. The largest absolute Gasteiger partial charge is 0.383 e. The van der Waals surface area contributed by atoms with E-state index >= 15 is 0 Å². The van der Waals surface area contributed by atoms with Crippen LogP contribution in [0.1, 0.15) is 28.5 Å². The summed E-state index contributed by atoms with van der Waals surface area (Å²) in [5.41, 5.74) is 9.33. The van der Waals surface area contributed by atoms with Crippen LogP contribution in [0.3, 0.4) is 0 Å². The van der Waals surface area contributed by atoms with Crippen molar-refractivity contribution in [2.24, 2.45) is 0 Å². The molecule has 19 heavy (non-hydrogen) atoms. The van der Waals surface area contributed by atoms with Crippen LogP contribution in [0.5, 0.6) is 0 Å². The van der Waals surface area contributed by atoms with E-state index in [0.29, 0.717) is 22.5 Å². The van der Waals surface area contributed by atoms with Gasteiger partial charge >= 0.3 is 0 Å². The molecule has 0 bridgehead atoms. The number of hydrogen-bond acceptors (Lipinski definition) is 3. The second-order valence-electron chi connectivity index (χ2n) is 4.51. The zero-order valence-corrected chi connectivity index (χ0v) is 11.1. The quantitative estimate of drug-likeness (QED) is 0.674. The predicted molar refractivity (Wildman–Crippen MR) is 80.0 cm³/mol. The molecule has 2 N–H and O–H groups in total. The second kappa shape index (κ2) is 5.06. The highest BCUT2D eigenvalue weighted by Gasteiger charge is 2.18. The number of carbonyl (C=O) groups is 1. The fraction of sp³-hybridized carbons (Fsp3) is 0.125. The zero-order chi connectivity index (χ0) is 14.0. The maximum Gasteiger partial charge on any atom is 0.193 e. The van der Waals surface area contributed by atoms with Gasteiger partial charge in [0.15, 0.2) is 5.78 Å². The third-order valence-electron chi connectivity index (χ3n) is 3.15. The standard InChI is InChI=1S/C16H16N2O.H2/c1-10-6-4-7-11(2)14(10)15(19)12(3)13-8-5-9-18-16(13)17;/h4-9H,3H2,1-2H3,(H2,17,18);1H. The van der Waals surface area contributed by atoms with Crippen LogP contribution in [0.2, 0.25) is 0 Å². The molecule has 3 heteroatoms. The van der Waals surface area contributed by atoms with E-state index in [-0.39, 0.29) is 7.21 Å². The summed E-state index contributed by atoms with van der Waals surface area (Å²) in [6, 6.07) is 9.27. The number of carbonyl (C=O) groups excluding carboxylic acids is 1. The van der Waals surface area contributed by atoms with Crippen molar-refractivity contribution in [3.05, 3.63) is 65.4 Å². The molecule has 2 rings (SSSR count). The van der Waals surface area contributed by atoms with Crippen molar-refractivity contribution in [1.29, 1.82) is 0 Å². The lowest BCUT2D eigenvalue weighted by Gasteiger charge is -2.11. The van der Waals surface area contributed by atoms with Crippen molar-refractivity contribution in [3.63, 3.8) is 0 Å². The van der Waals surface area contributed by atoms with Crippen molar-refractivity contribution in [3.8, 4) is 0 Å². The molecule has 98 valence electrons. The van der Waals surface area contributed by atoms with Gasteiger partial charge in [-0.2, -0.15) is 0 Å². The highest BCUT2D eigenvalue weighted by molar-refractivity contribution is 6.30. The maximum absolute atomic E-state index is 12.6. The van der Waals surface area contributed by atoms with Crippen molar-refractivity contribution in [1.82, 2.24) is 4.98 Å². The normalized spacial score (nSPS) is 10.2. The molecule has 1 aromatic carbocycles. The van der Waals surface area contributed by atoms with Crippen LogP contribution in [-0.2, 0) is 0 Å². The average Bonchev–Trinajstić information content (AvgIpc) is 2.38. The number of aromatic nitrogens is 1. The first kappa shape index (κ1) is 13.0. The van der Waals surface area contributed by atoms with Crippen molar-refractivity contribution in [2.75, 3.05) is 5.73 Å². The van der Waals surface area contributed by atoms with Crippen LogP contribution in [0.4, 0.5) is 5.82 Å². The molecule has 2 aromatic rings. The molecule has 0 saturated carbocycles. The SMILES string of the molecule is C=C(C(=O)c1c(C)cccc1C)c1cccnc1N.[HH]. The Balaban J connectivity index is 0.00000200. The third-order valence-corrected chi connectivity index (χ3v) is 3.15. The molecule has 0 spiro atoms. The van der Waals surface area contributed by atoms with Crippen molar-refractivity contribution in [2.45, 2.75) is 13.8 Å². The Labute approximate surface area is 114 Å². The number of Topliss-reactive ketones (excluding diaryl/α,β-unsaturated/α-hetero) is 1. The number of hydrogen-bond donors (Lipinski definition) is 1. The number of aryl methyl sites for hydroxylation is 2. The van der Waals surface area contributed by atoms with Gasteiger partial charge in [0.25, 0.3) is 0 Å². The molecule has 0 atom stereocenters. The molecule has 0 unspecified atom stereocenters. The first-order valence-corrected chi connectivity index (χ1v) is 6.03. The molecule has 0 aliphatic rings. The average molecular weight is 254 g/mol. The smallest absolute Gasteiger partial charge is 0.193 e. The van der Waals surface area contributed by atoms with Gasteiger partial charge < -0.3 is 5.73 Å². The highest BCUT2D eigenvalue weighted by Crippen LogP contribution is 2.25. The van der Waals surface area contributed by atoms with E-state index < -0.39 is 0 Å². The summed E-state index contributed by atoms with van der Waals surface area (Å²) in [6.07, 6.45) is 1.59. The van der Waals surface area contributed by atoms with Crippen LogP contribution in [0.15, 0.2) is 43.1 Å². The topological polar surface area (TPSA) is 56.0 Å². The number of rotatable bonds is 3. The number of nitrogens with two attached hydrogens (primary N) is 1. The van der Waals surface area contributed by atoms with Gasteiger partial charge in [0.05, 0.1) is 0 Å². The van der Waals surface area contributed by atoms with Gasteiger partial charge in [-0.1, -0.05) is 24.8 Å². The lowest BCUT2D eigenvalue weighted by molar-refractivity contribution is 0.105. The zero-order valence-electron chi connectivity index (χ0n) is 11.1. The van der Waals surface area contributed by atoms with Crippen molar-refractivity contribution < 1.29 is 6.22 Å². The Kier molecular flexibility index (Phi) is 3.47. The summed E-state index contributed by atoms with van der Waals surface area (Å²) in [5.74, 6) is 0.224. The van der Waals surface area contributed by atoms with E-state index in [9.17, 15) is 4.79 Å².